The number of hydrogen-bond acceptors (Lipinski definition) is 5. The molecular formula is C11H14N4O2S. The van der Waals surface area contributed by atoms with E-state index in [0.29, 0.717) is 12.1 Å². The highest BCUT2D eigenvalue weighted by Crippen LogP contribution is 2.22. The van der Waals surface area contributed by atoms with E-state index in [9.17, 15) is 4.79 Å². The summed E-state index contributed by atoms with van der Waals surface area (Å²) in [5, 5.41) is 18.2. The van der Waals surface area contributed by atoms with E-state index in [-0.39, 0.29) is 11.7 Å². The number of aromatic nitrogens is 3. The van der Waals surface area contributed by atoms with Gasteiger partial charge in [0.1, 0.15) is 10.7 Å². The van der Waals surface area contributed by atoms with Crippen LogP contribution in [-0.4, -0.2) is 38.2 Å². The van der Waals surface area contributed by atoms with E-state index in [1.54, 1.807) is 23.7 Å². The molecule has 0 spiro atoms. The molecule has 1 atom stereocenters. The molecule has 96 valence electrons. The van der Waals surface area contributed by atoms with Gasteiger partial charge in [0.15, 0.2) is 0 Å². The minimum atomic E-state index is -0.988. The molecule has 2 heterocycles. The molecule has 2 aromatic rings. The van der Waals surface area contributed by atoms with Gasteiger partial charge in [-0.25, -0.2) is 9.78 Å². The average molecular weight is 266 g/mol. The Morgan fingerprint density at radius 3 is 3.06 bits per heavy atom. The molecule has 0 saturated heterocycles. The zero-order chi connectivity index (χ0) is 13.1. The number of aromatic carboxylic acids is 1. The second kappa shape index (κ2) is 5.28. The van der Waals surface area contributed by atoms with Crippen LogP contribution in [0.1, 0.15) is 34.0 Å². The summed E-state index contributed by atoms with van der Waals surface area (Å²) >= 11 is 1.59. The number of thiazole rings is 1. The van der Waals surface area contributed by atoms with Gasteiger partial charge in [0.25, 0.3) is 0 Å². The third-order valence-corrected chi connectivity index (χ3v) is 3.77. The van der Waals surface area contributed by atoms with Crippen molar-refractivity contribution >= 4 is 17.3 Å². The fraction of sp³-hybridized carbons (Fsp3) is 0.364. The Balaban J connectivity index is 2.09. The van der Waals surface area contributed by atoms with Gasteiger partial charge in [-0.05, 0) is 14.0 Å². The van der Waals surface area contributed by atoms with Gasteiger partial charge < -0.3 is 5.11 Å². The number of H-pyrrole nitrogens is 1. The molecule has 0 aliphatic heterocycles. The quantitative estimate of drug-likeness (QED) is 0.861. The average Bonchev–Trinajstić information content (AvgIpc) is 2.98. The van der Waals surface area contributed by atoms with Crippen molar-refractivity contribution in [1.29, 1.82) is 0 Å². The first kappa shape index (κ1) is 12.7. The minimum absolute atomic E-state index is 0.140. The Labute approximate surface area is 108 Å². The highest BCUT2D eigenvalue weighted by Gasteiger charge is 2.18. The van der Waals surface area contributed by atoms with Gasteiger partial charge in [0, 0.05) is 23.7 Å². The van der Waals surface area contributed by atoms with Gasteiger partial charge in [-0.2, -0.15) is 5.10 Å². The molecule has 0 aliphatic carbocycles. The third-order valence-electron chi connectivity index (χ3n) is 2.82. The molecule has 0 bridgehead atoms. The number of nitrogens with one attached hydrogen (secondary N) is 1. The maximum atomic E-state index is 11.0. The number of aromatic amines is 1. The van der Waals surface area contributed by atoms with Crippen molar-refractivity contribution in [2.45, 2.75) is 19.5 Å². The summed E-state index contributed by atoms with van der Waals surface area (Å²) in [6.07, 6.45) is 3.32. The van der Waals surface area contributed by atoms with Crippen molar-refractivity contribution in [2.75, 3.05) is 7.05 Å². The van der Waals surface area contributed by atoms with Gasteiger partial charge >= 0.3 is 5.97 Å². The van der Waals surface area contributed by atoms with Crippen LogP contribution in [0.2, 0.25) is 0 Å². The molecule has 2 N–H and O–H groups in total. The van der Waals surface area contributed by atoms with Gasteiger partial charge in [-0.1, -0.05) is 0 Å². The van der Waals surface area contributed by atoms with Crippen molar-refractivity contribution in [3.05, 3.63) is 34.0 Å². The lowest BCUT2D eigenvalue weighted by molar-refractivity contribution is 0.0688. The smallest absolute Gasteiger partial charge is 0.354 e. The molecular weight excluding hydrogens is 252 g/mol. The van der Waals surface area contributed by atoms with E-state index in [0.717, 1.165) is 5.01 Å². The lowest BCUT2D eigenvalue weighted by Gasteiger charge is -2.22. The number of carboxylic acid groups (broad SMARTS) is 1. The van der Waals surface area contributed by atoms with E-state index < -0.39 is 5.97 Å². The lowest BCUT2D eigenvalue weighted by Crippen LogP contribution is -2.22. The summed E-state index contributed by atoms with van der Waals surface area (Å²) in [4.78, 5) is 17.3. The van der Waals surface area contributed by atoms with Crippen molar-refractivity contribution < 1.29 is 9.90 Å². The molecule has 0 amide bonds. The van der Waals surface area contributed by atoms with Crippen molar-refractivity contribution in [1.82, 2.24) is 20.1 Å². The summed E-state index contributed by atoms with van der Waals surface area (Å²) < 4.78 is 0. The van der Waals surface area contributed by atoms with Crippen LogP contribution < -0.4 is 0 Å². The van der Waals surface area contributed by atoms with Crippen LogP contribution >= 0.6 is 11.3 Å². The third kappa shape index (κ3) is 2.57. The fourth-order valence-corrected chi connectivity index (χ4v) is 2.41. The monoisotopic (exact) mass is 266 g/mol. The normalized spacial score (nSPS) is 12.8. The Morgan fingerprint density at radius 2 is 2.44 bits per heavy atom. The first-order chi connectivity index (χ1) is 8.59. The number of nitrogens with zero attached hydrogens (tertiary/aromatic N) is 3. The molecule has 2 aromatic heterocycles. The second-order valence-corrected chi connectivity index (χ2v) is 4.96. The lowest BCUT2D eigenvalue weighted by atomic mass is 10.2. The van der Waals surface area contributed by atoms with E-state index in [2.05, 4.69) is 15.2 Å². The zero-order valence-electron chi connectivity index (χ0n) is 10.1. The number of carbonyl (C=O) groups is 1. The van der Waals surface area contributed by atoms with E-state index in [1.165, 1.54) is 0 Å². The summed E-state index contributed by atoms with van der Waals surface area (Å²) in [6, 6.07) is 0.140. The summed E-state index contributed by atoms with van der Waals surface area (Å²) in [6.45, 7) is 2.55. The van der Waals surface area contributed by atoms with Crippen molar-refractivity contribution in [2.24, 2.45) is 0 Å². The summed E-state index contributed by atoms with van der Waals surface area (Å²) in [7, 11) is 1.94. The topological polar surface area (TPSA) is 82.1 Å². The van der Waals surface area contributed by atoms with Gasteiger partial charge in [0.2, 0.25) is 0 Å². The predicted molar refractivity (Wildman–Crippen MR) is 67.5 cm³/mol. The molecule has 0 fully saturated rings. The molecule has 0 unspecified atom stereocenters. The summed E-state index contributed by atoms with van der Waals surface area (Å²) in [5.74, 6) is -0.988. The highest BCUT2D eigenvalue weighted by molar-refractivity contribution is 7.09. The second-order valence-electron chi connectivity index (χ2n) is 4.04. The van der Waals surface area contributed by atoms with Gasteiger partial charge in [-0.3, -0.25) is 10.00 Å². The van der Waals surface area contributed by atoms with Crippen LogP contribution in [0.15, 0.2) is 17.8 Å². The molecule has 7 heteroatoms. The zero-order valence-corrected chi connectivity index (χ0v) is 10.9. The van der Waals surface area contributed by atoms with E-state index >= 15 is 0 Å². The van der Waals surface area contributed by atoms with Crippen molar-refractivity contribution in [3.63, 3.8) is 0 Å². The number of carboxylic acids is 1. The maximum absolute atomic E-state index is 11.0. The van der Waals surface area contributed by atoms with Crippen LogP contribution in [0.25, 0.3) is 0 Å². The molecule has 0 aliphatic rings. The van der Waals surface area contributed by atoms with Crippen molar-refractivity contribution in [3.8, 4) is 0 Å². The molecule has 18 heavy (non-hydrogen) atoms. The molecule has 2 rings (SSSR count). The Morgan fingerprint density at radius 1 is 1.67 bits per heavy atom. The van der Waals surface area contributed by atoms with Gasteiger partial charge in [-0.15, -0.1) is 11.3 Å². The first-order valence-electron chi connectivity index (χ1n) is 5.44. The Hall–Kier alpha value is -1.73. The highest BCUT2D eigenvalue weighted by atomic mass is 32.1. The largest absolute Gasteiger partial charge is 0.477 e. The van der Waals surface area contributed by atoms with E-state index in [1.807, 2.05) is 24.3 Å². The number of hydrogen-bond donors (Lipinski definition) is 2. The first-order valence-corrected chi connectivity index (χ1v) is 6.32. The SMILES string of the molecule is C[C@H](c1nccs1)N(C)Cc1cn[nH]c1C(=O)O. The Kier molecular flexibility index (Phi) is 3.73. The van der Waals surface area contributed by atoms with Gasteiger partial charge in [0.05, 0.1) is 12.2 Å². The molecule has 0 aromatic carbocycles. The standard InChI is InChI=1S/C11H14N4O2S/c1-7(10-12-3-4-18-10)15(2)6-8-5-13-14-9(8)11(16)17/h3-5,7H,6H2,1-2H3,(H,13,14)(H,16,17)/t7-/m1/s1. The minimum Gasteiger partial charge on any atom is -0.477 e. The summed E-state index contributed by atoms with van der Waals surface area (Å²) in [5.41, 5.74) is 0.821. The maximum Gasteiger partial charge on any atom is 0.354 e. The Bertz CT molecular complexity index is 523. The number of rotatable bonds is 5. The predicted octanol–water partition coefficient (Wildman–Crippen LogP) is 1.76. The molecule has 0 radical (unpaired) electrons. The molecule has 6 nitrogen and oxygen atoms in total. The van der Waals surface area contributed by atoms with Crippen LogP contribution in [-0.2, 0) is 6.54 Å². The van der Waals surface area contributed by atoms with E-state index in [4.69, 9.17) is 5.11 Å². The molecule has 0 saturated carbocycles. The van der Waals surface area contributed by atoms with Crippen LogP contribution in [0.3, 0.4) is 0 Å². The fourth-order valence-electron chi connectivity index (χ4n) is 1.65. The van der Waals surface area contributed by atoms with Crippen LogP contribution in [0.4, 0.5) is 0 Å². The van der Waals surface area contributed by atoms with Crippen LogP contribution in [0, 0.1) is 0 Å². The van der Waals surface area contributed by atoms with Crippen LogP contribution in [0.5, 0.6) is 0 Å².